The molecule has 27 heavy (non-hydrogen) atoms. The Kier molecular flexibility index (Phi) is 4.90. The van der Waals surface area contributed by atoms with Crippen molar-refractivity contribution in [2.45, 2.75) is 0 Å². The van der Waals surface area contributed by atoms with Gasteiger partial charge in [0.2, 0.25) is 5.95 Å². The second kappa shape index (κ2) is 7.81. The largest absolute Gasteiger partial charge is 0.378 e. The maximum absolute atomic E-state index is 9.34. The van der Waals surface area contributed by atoms with Crippen molar-refractivity contribution in [3.8, 4) is 17.3 Å². The van der Waals surface area contributed by atoms with Crippen molar-refractivity contribution in [2.75, 3.05) is 36.5 Å². The minimum Gasteiger partial charge on any atom is -0.378 e. The number of ether oxygens (including phenoxy) is 1. The molecule has 1 fully saturated rings. The second-order valence-electron chi connectivity index (χ2n) is 6.06. The number of nitriles is 1. The van der Waals surface area contributed by atoms with E-state index in [1.54, 1.807) is 6.20 Å². The number of morpholine rings is 1. The Morgan fingerprint density at radius 3 is 2.52 bits per heavy atom. The number of hydrogen-bond acceptors (Lipinski definition) is 7. The summed E-state index contributed by atoms with van der Waals surface area (Å²) in [6.07, 6.45) is 3.29. The molecule has 1 saturated heterocycles. The molecule has 134 valence electrons. The smallest absolute Gasteiger partial charge is 0.227 e. The normalized spacial score (nSPS) is 13.8. The minimum absolute atomic E-state index is 0.425. The van der Waals surface area contributed by atoms with Crippen LogP contribution in [0.25, 0.3) is 11.3 Å². The van der Waals surface area contributed by atoms with Gasteiger partial charge < -0.3 is 15.0 Å². The first kappa shape index (κ1) is 16.9. The summed E-state index contributed by atoms with van der Waals surface area (Å²) in [5.74, 6) is 1.35. The van der Waals surface area contributed by atoms with Crippen LogP contribution in [0.5, 0.6) is 0 Å². The van der Waals surface area contributed by atoms with Gasteiger partial charge in [-0.15, -0.1) is 0 Å². The fraction of sp³-hybridized carbons (Fsp3) is 0.200. The highest BCUT2D eigenvalue weighted by atomic mass is 16.5. The van der Waals surface area contributed by atoms with Gasteiger partial charge in [-0.3, -0.25) is 0 Å². The third kappa shape index (κ3) is 3.86. The summed E-state index contributed by atoms with van der Waals surface area (Å²) in [6.45, 7) is 3.14. The van der Waals surface area contributed by atoms with Crippen LogP contribution < -0.4 is 10.2 Å². The molecule has 0 bridgehead atoms. The van der Waals surface area contributed by atoms with E-state index in [1.807, 2.05) is 42.5 Å². The average Bonchev–Trinajstić information content (AvgIpc) is 2.75. The summed E-state index contributed by atoms with van der Waals surface area (Å²) in [6, 6.07) is 15.7. The Balaban J connectivity index is 1.55. The van der Waals surface area contributed by atoms with Crippen molar-refractivity contribution in [3.05, 3.63) is 60.4 Å². The Morgan fingerprint density at radius 2 is 1.81 bits per heavy atom. The number of hydrogen-bond donors (Lipinski definition) is 1. The zero-order valence-electron chi connectivity index (χ0n) is 14.7. The number of benzene rings is 1. The highest BCUT2D eigenvalue weighted by Crippen LogP contribution is 2.23. The van der Waals surface area contributed by atoms with Crippen LogP contribution in [-0.2, 0) is 4.74 Å². The van der Waals surface area contributed by atoms with Gasteiger partial charge in [0.15, 0.2) is 0 Å². The Labute approximate surface area is 157 Å². The third-order valence-electron chi connectivity index (χ3n) is 4.30. The fourth-order valence-corrected chi connectivity index (χ4v) is 2.91. The van der Waals surface area contributed by atoms with Crippen LogP contribution in [0.15, 0.2) is 54.9 Å². The van der Waals surface area contributed by atoms with E-state index in [9.17, 15) is 5.26 Å². The molecule has 0 spiro atoms. The molecule has 3 aromatic rings. The molecule has 7 nitrogen and oxygen atoms in total. The highest BCUT2D eigenvalue weighted by Gasteiger charge is 2.13. The first-order valence-corrected chi connectivity index (χ1v) is 8.72. The summed E-state index contributed by atoms with van der Waals surface area (Å²) in [7, 11) is 0. The number of nitrogens with zero attached hydrogens (tertiary/aromatic N) is 5. The van der Waals surface area contributed by atoms with Crippen molar-refractivity contribution in [1.82, 2.24) is 15.0 Å². The third-order valence-corrected chi connectivity index (χ3v) is 4.30. The van der Waals surface area contributed by atoms with E-state index in [1.165, 1.54) is 6.20 Å². The maximum Gasteiger partial charge on any atom is 0.227 e. The van der Waals surface area contributed by atoms with Crippen molar-refractivity contribution >= 4 is 17.5 Å². The molecule has 0 radical (unpaired) electrons. The van der Waals surface area contributed by atoms with Gasteiger partial charge in [-0.1, -0.05) is 30.3 Å². The zero-order chi connectivity index (χ0) is 18.5. The number of aromatic nitrogens is 3. The van der Waals surface area contributed by atoms with E-state index in [0.717, 1.165) is 43.4 Å². The molecule has 1 aliphatic heterocycles. The van der Waals surface area contributed by atoms with Crippen molar-refractivity contribution in [2.24, 2.45) is 0 Å². The Morgan fingerprint density at radius 1 is 1.00 bits per heavy atom. The van der Waals surface area contributed by atoms with Crippen molar-refractivity contribution in [3.63, 3.8) is 0 Å². The van der Waals surface area contributed by atoms with Crippen LogP contribution in [0.1, 0.15) is 5.56 Å². The first-order valence-electron chi connectivity index (χ1n) is 8.72. The lowest BCUT2D eigenvalue weighted by atomic mass is 10.1. The lowest BCUT2D eigenvalue weighted by molar-refractivity contribution is 0.122. The molecular weight excluding hydrogens is 340 g/mol. The summed E-state index contributed by atoms with van der Waals surface area (Å²) in [5.41, 5.74) is 2.71. The van der Waals surface area contributed by atoms with Crippen LogP contribution in [0.2, 0.25) is 0 Å². The van der Waals surface area contributed by atoms with Crippen LogP contribution in [0.4, 0.5) is 17.5 Å². The van der Waals surface area contributed by atoms with Gasteiger partial charge in [0.05, 0.1) is 42.6 Å². The number of pyridine rings is 1. The molecule has 0 aliphatic carbocycles. The van der Waals surface area contributed by atoms with E-state index in [4.69, 9.17) is 4.74 Å². The van der Waals surface area contributed by atoms with Gasteiger partial charge in [-0.25, -0.2) is 15.0 Å². The topological polar surface area (TPSA) is 87.0 Å². The maximum atomic E-state index is 9.34. The van der Waals surface area contributed by atoms with Gasteiger partial charge >= 0.3 is 0 Å². The predicted octanol–water partition coefficient (Wildman–Crippen LogP) is 2.99. The van der Waals surface area contributed by atoms with E-state index in [-0.39, 0.29) is 0 Å². The zero-order valence-corrected chi connectivity index (χ0v) is 14.7. The molecule has 7 heteroatoms. The SMILES string of the molecule is N#Cc1cnc(Nc2ccc(N3CCOCC3)nc2)nc1-c1ccccc1. The average molecular weight is 358 g/mol. The second-order valence-corrected chi connectivity index (χ2v) is 6.06. The van der Waals surface area contributed by atoms with E-state index in [0.29, 0.717) is 17.2 Å². The van der Waals surface area contributed by atoms with E-state index < -0.39 is 0 Å². The highest BCUT2D eigenvalue weighted by molar-refractivity contribution is 5.68. The molecule has 4 rings (SSSR count). The molecule has 2 aromatic heterocycles. The molecule has 0 amide bonds. The van der Waals surface area contributed by atoms with Gasteiger partial charge in [0.25, 0.3) is 0 Å². The first-order chi connectivity index (χ1) is 13.3. The van der Waals surface area contributed by atoms with E-state index >= 15 is 0 Å². The Hall–Kier alpha value is -3.50. The number of nitrogens with one attached hydrogen (secondary N) is 1. The molecular formula is C20H18N6O. The fourth-order valence-electron chi connectivity index (χ4n) is 2.91. The van der Waals surface area contributed by atoms with Gasteiger partial charge in [0, 0.05) is 18.7 Å². The lowest BCUT2D eigenvalue weighted by Crippen LogP contribution is -2.36. The summed E-state index contributed by atoms with van der Waals surface area (Å²) < 4.78 is 5.37. The molecule has 0 saturated carbocycles. The molecule has 0 atom stereocenters. The molecule has 0 unspecified atom stereocenters. The van der Waals surface area contributed by atoms with Crippen LogP contribution >= 0.6 is 0 Å². The van der Waals surface area contributed by atoms with Crippen LogP contribution in [0, 0.1) is 11.3 Å². The van der Waals surface area contributed by atoms with E-state index in [2.05, 4.69) is 31.2 Å². The minimum atomic E-state index is 0.425. The monoisotopic (exact) mass is 358 g/mol. The van der Waals surface area contributed by atoms with Crippen molar-refractivity contribution in [1.29, 1.82) is 5.26 Å². The number of rotatable bonds is 4. The molecule has 1 N–H and O–H groups in total. The molecule has 1 aromatic carbocycles. The molecule has 1 aliphatic rings. The molecule has 3 heterocycles. The summed E-state index contributed by atoms with van der Waals surface area (Å²) >= 11 is 0. The lowest BCUT2D eigenvalue weighted by Gasteiger charge is -2.27. The van der Waals surface area contributed by atoms with Gasteiger partial charge in [-0.2, -0.15) is 5.26 Å². The Bertz CT molecular complexity index is 946. The standard InChI is InChI=1S/C20H18N6O/c21-12-16-13-23-20(25-19(16)15-4-2-1-3-5-15)24-17-6-7-18(22-14-17)26-8-10-27-11-9-26/h1-7,13-14H,8-11H2,(H,23,24,25). The summed E-state index contributed by atoms with van der Waals surface area (Å²) in [4.78, 5) is 15.5. The van der Waals surface area contributed by atoms with Crippen molar-refractivity contribution < 1.29 is 4.74 Å². The van der Waals surface area contributed by atoms with Gasteiger partial charge in [0.1, 0.15) is 11.9 Å². The quantitative estimate of drug-likeness (QED) is 0.767. The summed E-state index contributed by atoms with van der Waals surface area (Å²) in [5, 5.41) is 12.5. The predicted molar refractivity (Wildman–Crippen MR) is 103 cm³/mol. The van der Waals surface area contributed by atoms with Gasteiger partial charge in [-0.05, 0) is 12.1 Å². The van der Waals surface area contributed by atoms with Crippen LogP contribution in [-0.4, -0.2) is 41.3 Å². The van der Waals surface area contributed by atoms with Crippen LogP contribution in [0.3, 0.4) is 0 Å². The number of anilines is 3.